The number of aromatic amines is 1. The number of pyridine rings is 1. The molecule has 1 aliphatic heterocycles. The van der Waals surface area contributed by atoms with E-state index in [-0.39, 0.29) is 5.28 Å². The van der Waals surface area contributed by atoms with Crippen LogP contribution in [0, 0.1) is 5.92 Å². The van der Waals surface area contributed by atoms with E-state index in [0.717, 1.165) is 42.9 Å². The second kappa shape index (κ2) is 8.70. The SMILES string of the molecule is S=C(NCc1ccnc2[nH]ccc12)NCC1CCCN(c2ccnc(Cl)n2)C1. The van der Waals surface area contributed by atoms with E-state index in [1.165, 1.54) is 12.0 Å². The Hall–Kier alpha value is -2.45. The number of halogens is 1. The van der Waals surface area contributed by atoms with Gasteiger partial charge in [-0.2, -0.15) is 0 Å². The molecule has 1 aliphatic rings. The van der Waals surface area contributed by atoms with Crippen molar-refractivity contribution in [2.45, 2.75) is 19.4 Å². The molecule has 0 bridgehead atoms. The van der Waals surface area contributed by atoms with E-state index >= 15 is 0 Å². The monoisotopic (exact) mass is 415 g/mol. The van der Waals surface area contributed by atoms with Crippen molar-refractivity contribution < 1.29 is 0 Å². The van der Waals surface area contributed by atoms with Crippen LogP contribution < -0.4 is 15.5 Å². The highest BCUT2D eigenvalue weighted by Gasteiger charge is 2.21. The molecule has 4 heterocycles. The first-order valence-electron chi connectivity index (χ1n) is 9.35. The topological polar surface area (TPSA) is 81.8 Å². The number of hydrogen-bond acceptors (Lipinski definition) is 5. The maximum absolute atomic E-state index is 5.93. The molecule has 1 unspecified atom stereocenters. The van der Waals surface area contributed by atoms with Crippen molar-refractivity contribution in [2.75, 3.05) is 24.5 Å². The largest absolute Gasteiger partial charge is 0.362 e. The Labute approximate surface area is 173 Å². The van der Waals surface area contributed by atoms with Gasteiger partial charge in [-0.05, 0) is 66.3 Å². The van der Waals surface area contributed by atoms with Crippen LogP contribution in [0.5, 0.6) is 0 Å². The molecular weight excluding hydrogens is 394 g/mol. The molecule has 1 saturated heterocycles. The molecule has 3 aromatic rings. The van der Waals surface area contributed by atoms with E-state index in [4.69, 9.17) is 23.8 Å². The van der Waals surface area contributed by atoms with Crippen LogP contribution >= 0.6 is 23.8 Å². The van der Waals surface area contributed by atoms with Crippen molar-refractivity contribution in [3.05, 3.63) is 47.6 Å². The summed E-state index contributed by atoms with van der Waals surface area (Å²) in [7, 11) is 0. The molecule has 4 rings (SSSR count). The highest BCUT2D eigenvalue weighted by Crippen LogP contribution is 2.21. The van der Waals surface area contributed by atoms with Gasteiger partial charge in [-0.15, -0.1) is 0 Å². The van der Waals surface area contributed by atoms with Crippen LogP contribution in [0.1, 0.15) is 18.4 Å². The summed E-state index contributed by atoms with van der Waals surface area (Å²) in [4.78, 5) is 18.0. The van der Waals surface area contributed by atoms with Gasteiger partial charge in [-0.3, -0.25) is 0 Å². The van der Waals surface area contributed by atoms with Gasteiger partial charge in [0, 0.05) is 50.2 Å². The number of rotatable bonds is 5. The molecule has 9 heteroatoms. The van der Waals surface area contributed by atoms with E-state index in [2.05, 4.69) is 35.5 Å². The standard InChI is InChI=1S/C19H22ClN7S/c20-18-23-8-5-16(26-18)27-9-1-2-13(12-27)10-24-19(28)25-11-14-3-6-21-17-15(14)4-7-22-17/h3-8,13H,1-2,9-12H2,(H,21,22)(H2,24,25,28). The van der Waals surface area contributed by atoms with Crippen molar-refractivity contribution in [1.82, 2.24) is 30.6 Å². The lowest BCUT2D eigenvalue weighted by atomic mass is 9.98. The summed E-state index contributed by atoms with van der Waals surface area (Å²) < 4.78 is 0. The lowest BCUT2D eigenvalue weighted by molar-refractivity contribution is 0.409. The smallest absolute Gasteiger partial charge is 0.224 e. The fraction of sp³-hybridized carbons (Fsp3) is 0.368. The summed E-state index contributed by atoms with van der Waals surface area (Å²) in [5.74, 6) is 1.39. The van der Waals surface area contributed by atoms with Gasteiger partial charge in [-0.1, -0.05) is 0 Å². The molecule has 7 nitrogen and oxygen atoms in total. The molecule has 0 radical (unpaired) electrons. The van der Waals surface area contributed by atoms with Gasteiger partial charge in [0.1, 0.15) is 11.5 Å². The summed E-state index contributed by atoms with van der Waals surface area (Å²) in [5, 5.41) is 8.73. The molecule has 3 aromatic heterocycles. The molecule has 1 fully saturated rings. The lowest BCUT2D eigenvalue weighted by Crippen LogP contribution is -2.43. The minimum atomic E-state index is 0.288. The Morgan fingerprint density at radius 3 is 3.04 bits per heavy atom. The number of aromatic nitrogens is 4. The minimum Gasteiger partial charge on any atom is -0.362 e. The van der Waals surface area contributed by atoms with Crippen molar-refractivity contribution in [3.63, 3.8) is 0 Å². The molecule has 146 valence electrons. The van der Waals surface area contributed by atoms with Gasteiger partial charge >= 0.3 is 0 Å². The number of fused-ring (bicyclic) bond motifs is 1. The summed E-state index contributed by atoms with van der Waals surface area (Å²) in [6.45, 7) is 3.41. The second-order valence-corrected chi connectivity index (χ2v) is 7.66. The molecule has 0 spiro atoms. The number of nitrogens with one attached hydrogen (secondary N) is 3. The summed E-state index contributed by atoms with van der Waals surface area (Å²) in [5.41, 5.74) is 2.06. The second-order valence-electron chi connectivity index (χ2n) is 6.91. The molecular formula is C19H22ClN7S. The number of H-pyrrole nitrogens is 1. The van der Waals surface area contributed by atoms with E-state index in [1.54, 1.807) is 6.20 Å². The van der Waals surface area contributed by atoms with Crippen LogP contribution in [0.4, 0.5) is 5.82 Å². The Morgan fingerprint density at radius 2 is 2.14 bits per heavy atom. The summed E-state index contributed by atoms with van der Waals surface area (Å²) >= 11 is 11.4. The lowest BCUT2D eigenvalue weighted by Gasteiger charge is -2.33. The zero-order valence-electron chi connectivity index (χ0n) is 15.4. The van der Waals surface area contributed by atoms with Crippen LogP contribution in [0.25, 0.3) is 11.0 Å². The molecule has 0 amide bonds. The van der Waals surface area contributed by atoms with Gasteiger partial charge < -0.3 is 20.5 Å². The molecule has 28 heavy (non-hydrogen) atoms. The van der Waals surface area contributed by atoms with Crippen LogP contribution in [0.15, 0.2) is 36.8 Å². The predicted octanol–water partition coefficient (Wildman–Crippen LogP) is 2.89. The third-order valence-corrected chi connectivity index (χ3v) is 5.47. The fourth-order valence-electron chi connectivity index (χ4n) is 3.59. The Bertz CT molecular complexity index is 960. The summed E-state index contributed by atoms with van der Waals surface area (Å²) in [6, 6.07) is 5.95. The average molecular weight is 416 g/mol. The normalized spacial score (nSPS) is 16.9. The van der Waals surface area contributed by atoms with Crippen molar-refractivity contribution in [1.29, 1.82) is 0 Å². The maximum Gasteiger partial charge on any atom is 0.224 e. The molecule has 1 atom stereocenters. The average Bonchev–Trinajstić information content (AvgIpc) is 3.20. The number of anilines is 1. The van der Waals surface area contributed by atoms with Crippen LogP contribution in [0.2, 0.25) is 5.28 Å². The Morgan fingerprint density at radius 1 is 1.25 bits per heavy atom. The third kappa shape index (κ3) is 4.51. The molecule has 0 aliphatic carbocycles. The van der Waals surface area contributed by atoms with Gasteiger partial charge in [0.25, 0.3) is 0 Å². The van der Waals surface area contributed by atoms with Gasteiger partial charge in [-0.25, -0.2) is 15.0 Å². The van der Waals surface area contributed by atoms with Crippen molar-refractivity contribution in [3.8, 4) is 0 Å². The van der Waals surface area contributed by atoms with Gasteiger partial charge in [0.2, 0.25) is 5.28 Å². The zero-order chi connectivity index (χ0) is 19.3. The number of piperidine rings is 1. The van der Waals surface area contributed by atoms with Crippen LogP contribution in [0.3, 0.4) is 0 Å². The number of hydrogen-bond donors (Lipinski definition) is 3. The van der Waals surface area contributed by atoms with E-state index in [0.29, 0.717) is 17.6 Å². The first kappa shape index (κ1) is 18.9. The van der Waals surface area contributed by atoms with Crippen LogP contribution in [-0.4, -0.2) is 44.7 Å². The van der Waals surface area contributed by atoms with Crippen LogP contribution in [-0.2, 0) is 6.54 Å². The number of thiocarbonyl (C=S) groups is 1. The van der Waals surface area contributed by atoms with Crippen molar-refractivity contribution >= 4 is 45.8 Å². The van der Waals surface area contributed by atoms with Gasteiger partial charge in [0.15, 0.2) is 5.11 Å². The van der Waals surface area contributed by atoms with Gasteiger partial charge in [0.05, 0.1) is 0 Å². The van der Waals surface area contributed by atoms with E-state index < -0.39 is 0 Å². The predicted molar refractivity (Wildman–Crippen MR) is 116 cm³/mol. The quantitative estimate of drug-likeness (QED) is 0.436. The molecule has 0 saturated carbocycles. The minimum absolute atomic E-state index is 0.288. The summed E-state index contributed by atoms with van der Waals surface area (Å²) in [6.07, 6.45) is 7.70. The fourth-order valence-corrected chi connectivity index (χ4v) is 3.89. The molecule has 3 N–H and O–H groups in total. The highest BCUT2D eigenvalue weighted by molar-refractivity contribution is 7.80. The maximum atomic E-state index is 5.93. The molecule has 0 aromatic carbocycles. The van der Waals surface area contributed by atoms with E-state index in [9.17, 15) is 0 Å². The zero-order valence-corrected chi connectivity index (χ0v) is 16.9. The Balaban J connectivity index is 1.27. The first-order chi connectivity index (χ1) is 13.7. The highest BCUT2D eigenvalue weighted by atomic mass is 35.5. The van der Waals surface area contributed by atoms with Crippen molar-refractivity contribution in [2.24, 2.45) is 5.92 Å². The van der Waals surface area contributed by atoms with E-state index in [1.807, 2.05) is 30.6 Å². The Kier molecular flexibility index (Phi) is 5.87. The third-order valence-electron chi connectivity index (χ3n) is 5.00. The number of nitrogens with zero attached hydrogens (tertiary/aromatic N) is 4. The first-order valence-corrected chi connectivity index (χ1v) is 10.1.